The predicted molar refractivity (Wildman–Crippen MR) is 83.5 cm³/mol. The van der Waals surface area contributed by atoms with E-state index in [0.717, 1.165) is 48.8 Å². The van der Waals surface area contributed by atoms with Crippen molar-refractivity contribution in [3.8, 4) is 5.75 Å². The quantitative estimate of drug-likeness (QED) is 0.856. The van der Waals surface area contributed by atoms with Gasteiger partial charge in [-0.3, -0.25) is 0 Å². The second-order valence-electron chi connectivity index (χ2n) is 4.93. The van der Waals surface area contributed by atoms with Crippen LogP contribution in [-0.2, 0) is 6.54 Å². The first-order chi connectivity index (χ1) is 9.74. The Labute approximate surface area is 123 Å². The minimum atomic E-state index is 0.672. The first-order valence-corrected chi connectivity index (χ1v) is 7.12. The molecule has 3 rings (SSSR count). The number of rotatable bonds is 2. The van der Waals surface area contributed by atoms with Crippen molar-refractivity contribution < 1.29 is 4.74 Å². The molecule has 0 spiro atoms. The summed E-state index contributed by atoms with van der Waals surface area (Å²) < 4.78 is 5.77. The lowest BCUT2D eigenvalue weighted by molar-refractivity contribution is 0.322. The number of hydrogen-bond donors (Lipinski definition) is 1. The van der Waals surface area contributed by atoms with Gasteiger partial charge in [-0.25, -0.2) is 0 Å². The van der Waals surface area contributed by atoms with Gasteiger partial charge in [-0.15, -0.1) is 0 Å². The molecular formula is C16H17ClN2O. The zero-order chi connectivity index (χ0) is 13.9. The van der Waals surface area contributed by atoms with Crippen LogP contribution in [0.5, 0.6) is 5.75 Å². The fourth-order valence-electron chi connectivity index (χ4n) is 2.48. The van der Waals surface area contributed by atoms with Gasteiger partial charge in [-0.1, -0.05) is 29.8 Å². The van der Waals surface area contributed by atoms with E-state index >= 15 is 0 Å². The van der Waals surface area contributed by atoms with Crippen molar-refractivity contribution in [1.29, 1.82) is 0 Å². The third-order valence-corrected chi connectivity index (χ3v) is 3.74. The predicted octanol–water partition coefficient (Wildman–Crippen LogP) is 3.71. The molecule has 4 heteroatoms. The average Bonchev–Trinajstić information content (AvgIpc) is 2.65. The first-order valence-electron chi connectivity index (χ1n) is 6.75. The highest BCUT2D eigenvalue weighted by Gasteiger charge is 2.16. The van der Waals surface area contributed by atoms with Crippen LogP contribution in [0.3, 0.4) is 0 Å². The van der Waals surface area contributed by atoms with E-state index in [1.54, 1.807) is 6.07 Å². The second-order valence-corrected chi connectivity index (χ2v) is 5.37. The van der Waals surface area contributed by atoms with E-state index in [1.807, 2.05) is 30.3 Å². The second kappa shape index (κ2) is 5.63. The van der Waals surface area contributed by atoms with Crippen LogP contribution in [0.1, 0.15) is 12.0 Å². The number of benzene rings is 2. The van der Waals surface area contributed by atoms with E-state index in [-0.39, 0.29) is 0 Å². The van der Waals surface area contributed by atoms with Gasteiger partial charge in [-0.05, 0) is 36.2 Å². The number of para-hydroxylation sites is 2. The summed E-state index contributed by atoms with van der Waals surface area (Å²) in [5, 5.41) is 0.672. The number of anilines is 2. The lowest BCUT2D eigenvalue weighted by Crippen LogP contribution is -2.23. The number of halogens is 1. The molecule has 3 nitrogen and oxygen atoms in total. The van der Waals surface area contributed by atoms with E-state index in [0.29, 0.717) is 5.02 Å². The number of nitrogens with zero attached hydrogens (tertiary/aromatic N) is 1. The van der Waals surface area contributed by atoms with Crippen LogP contribution in [0.2, 0.25) is 5.02 Å². The fraction of sp³-hybridized carbons (Fsp3) is 0.250. The van der Waals surface area contributed by atoms with Gasteiger partial charge >= 0.3 is 0 Å². The largest absolute Gasteiger partial charge is 0.491 e. The summed E-state index contributed by atoms with van der Waals surface area (Å²) in [7, 11) is 0. The summed E-state index contributed by atoms with van der Waals surface area (Å²) in [5.74, 6) is 0.942. The minimum Gasteiger partial charge on any atom is -0.491 e. The highest BCUT2D eigenvalue weighted by molar-refractivity contribution is 6.30. The van der Waals surface area contributed by atoms with Gasteiger partial charge in [0, 0.05) is 23.8 Å². The van der Waals surface area contributed by atoms with E-state index in [1.165, 1.54) is 0 Å². The standard InChI is InChI=1S/C16H17ClN2O/c17-13-7-6-12(14(18)10-13)11-19-8-3-9-20-16-5-2-1-4-15(16)19/h1-2,4-7,10H,3,8-9,11,18H2. The highest BCUT2D eigenvalue weighted by atomic mass is 35.5. The highest BCUT2D eigenvalue weighted by Crippen LogP contribution is 2.32. The van der Waals surface area contributed by atoms with Crippen molar-refractivity contribution in [2.24, 2.45) is 0 Å². The molecule has 0 saturated carbocycles. The third kappa shape index (κ3) is 2.68. The van der Waals surface area contributed by atoms with Gasteiger partial charge < -0.3 is 15.4 Å². The Hall–Kier alpha value is -1.87. The van der Waals surface area contributed by atoms with Gasteiger partial charge in [0.05, 0.1) is 12.3 Å². The molecule has 104 valence electrons. The molecule has 0 fully saturated rings. The lowest BCUT2D eigenvalue weighted by Gasteiger charge is -2.24. The molecular weight excluding hydrogens is 272 g/mol. The van der Waals surface area contributed by atoms with Crippen molar-refractivity contribution in [3.63, 3.8) is 0 Å². The summed E-state index contributed by atoms with van der Waals surface area (Å²) in [4.78, 5) is 2.31. The Kier molecular flexibility index (Phi) is 3.70. The van der Waals surface area contributed by atoms with Crippen molar-refractivity contribution in [1.82, 2.24) is 0 Å². The monoisotopic (exact) mass is 288 g/mol. The van der Waals surface area contributed by atoms with E-state index in [2.05, 4.69) is 11.0 Å². The molecule has 1 heterocycles. The molecule has 0 atom stereocenters. The summed E-state index contributed by atoms with van der Waals surface area (Å²) in [6, 6.07) is 13.8. The Bertz CT molecular complexity index is 615. The van der Waals surface area contributed by atoms with Crippen LogP contribution in [-0.4, -0.2) is 13.2 Å². The number of ether oxygens (including phenoxy) is 1. The van der Waals surface area contributed by atoms with Gasteiger partial charge in [-0.2, -0.15) is 0 Å². The van der Waals surface area contributed by atoms with Gasteiger partial charge in [0.2, 0.25) is 0 Å². The lowest BCUT2D eigenvalue weighted by atomic mass is 10.1. The van der Waals surface area contributed by atoms with E-state index < -0.39 is 0 Å². The minimum absolute atomic E-state index is 0.672. The molecule has 0 aromatic heterocycles. The molecule has 1 aliphatic rings. The summed E-state index contributed by atoms with van der Waals surface area (Å²) in [5.41, 5.74) is 9.00. The van der Waals surface area contributed by atoms with Crippen molar-refractivity contribution in [2.75, 3.05) is 23.8 Å². The summed E-state index contributed by atoms with van der Waals surface area (Å²) in [6.07, 6.45) is 1.00. The van der Waals surface area contributed by atoms with Crippen LogP contribution < -0.4 is 15.4 Å². The van der Waals surface area contributed by atoms with Crippen molar-refractivity contribution >= 4 is 23.0 Å². The third-order valence-electron chi connectivity index (χ3n) is 3.51. The molecule has 0 unspecified atom stereocenters. The molecule has 0 amide bonds. The van der Waals surface area contributed by atoms with Gasteiger partial charge in [0.15, 0.2) is 0 Å². The molecule has 1 aliphatic heterocycles. The Morgan fingerprint density at radius 3 is 2.90 bits per heavy atom. The Morgan fingerprint density at radius 1 is 1.20 bits per heavy atom. The average molecular weight is 289 g/mol. The van der Waals surface area contributed by atoms with Crippen LogP contribution >= 0.6 is 11.6 Å². The van der Waals surface area contributed by atoms with Crippen LogP contribution in [0.4, 0.5) is 11.4 Å². The smallest absolute Gasteiger partial charge is 0.142 e. The molecule has 2 N–H and O–H groups in total. The number of fused-ring (bicyclic) bond motifs is 1. The molecule has 2 aromatic carbocycles. The maximum Gasteiger partial charge on any atom is 0.142 e. The maximum absolute atomic E-state index is 6.06. The fourth-order valence-corrected chi connectivity index (χ4v) is 2.66. The number of nitrogen functional groups attached to an aromatic ring is 1. The van der Waals surface area contributed by atoms with Crippen LogP contribution in [0.15, 0.2) is 42.5 Å². The maximum atomic E-state index is 6.06. The van der Waals surface area contributed by atoms with Crippen molar-refractivity contribution in [3.05, 3.63) is 53.1 Å². The van der Waals surface area contributed by atoms with Crippen LogP contribution in [0, 0.1) is 0 Å². The SMILES string of the molecule is Nc1cc(Cl)ccc1CN1CCCOc2ccccc21. The van der Waals surface area contributed by atoms with Gasteiger partial charge in [0.25, 0.3) is 0 Å². The molecule has 0 aliphatic carbocycles. The first kappa shape index (κ1) is 13.1. The van der Waals surface area contributed by atoms with Crippen molar-refractivity contribution in [2.45, 2.75) is 13.0 Å². The molecule has 20 heavy (non-hydrogen) atoms. The number of hydrogen-bond acceptors (Lipinski definition) is 3. The Balaban J connectivity index is 1.90. The van der Waals surface area contributed by atoms with E-state index in [9.17, 15) is 0 Å². The van der Waals surface area contributed by atoms with Crippen LogP contribution in [0.25, 0.3) is 0 Å². The van der Waals surface area contributed by atoms with E-state index in [4.69, 9.17) is 22.1 Å². The van der Waals surface area contributed by atoms with Gasteiger partial charge in [0.1, 0.15) is 5.75 Å². The molecule has 2 aromatic rings. The summed E-state index contributed by atoms with van der Waals surface area (Å²) in [6.45, 7) is 2.48. The normalized spacial score (nSPS) is 14.3. The number of nitrogens with two attached hydrogens (primary N) is 1. The summed E-state index contributed by atoms with van der Waals surface area (Å²) >= 11 is 5.95. The zero-order valence-electron chi connectivity index (χ0n) is 11.2. The molecule has 0 saturated heterocycles. The Morgan fingerprint density at radius 2 is 2.05 bits per heavy atom. The zero-order valence-corrected chi connectivity index (χ0v) is 11.9. The molecule has 0 radical (unpaired) electrons. The molecule has 0 bridgehead atoms. The topological polar surface area (TPSA) is 38.5 Å².